The van der Waals surface area contributed by atoms with Gasteiger partial charge in [-0.15, -0.1) is 4.40 Å². The van der Waals surface area contributed by atoms with E-state index in [4.69, 9.17) is 9.47 Å². The van der Waals surface area contributed by atoms with Crippen molar-refractivity contribution >= 4 is 38.9 Å². The molecule has 0 unspecified atom stereocenters. The molecule has 2 aromatic carbocycles. The Balaban J connectivity index is 1.88. The predicted octanol–water partition coefficient (Wildman–Crippen LogP) is 4.95. The molecular formula is C24H28N2O5S2. The number of likely N-dealkylation sites (N-methyl/N-ethyl adjacent to an activating group) is 1. The minimum atomic E-state index is -3.93. The second-order valence-corrected chi connectivity index (χ2v) is 9.90. The van der Waals surface area contributed by atoms with Crippen LogP contribution in [0, 0.1) is 0 Å². The van der Waals surface area contributed by atoms with Crippen LogP contribution in [-0.4, -0.2) is 44.7 Å². The summed E-state index contributed by atoms with van der Waals surface area (Å²) in [4.78, 5) is 14.8. The van der Waals surface area contributed by atoms with Crippen molar-refractivity contribution < 1.29 is 22.7 Å². The van der Waals surface area contributed by atoms with Gasteiger partial charge in [-0.1, -0.05) is 44.0 Å². The molecule has 1 amide bonds. The summed E-state index contributed by atoms with van der Waals surface area (Å²) in [5.74, 6) is 0.933. The molecule has 33 heavy (non-hydrogen) atoms. The van der Waals surface area contributed by atoms with E-state index >= 15 is 0 Å². The summed E-state index contributed by atoms with van der Waals surface area (Å²) in [5.41, 5.74) is 0.750. The van der Waals surface area contributed by atoms with E-state index in [9.17, 15) is 13.2 Å². The van der Waals surface area contributed by atoms with Gasteiger partial charge in [-0.25, -0.2) is 0 Å². The van der Waals surface area contributed by atoms with E-state index < -0.39 is 10.0 Å². The topological polar surface area (TPSA) is 85.3 Å². The first-order valence-corrected chi connectivity index (χ1v) is 13.1. The van der Waals surface area contributed by atoms with Crippen molar-refractivity contribution in [2.24, 2.45) is 4.40 Å². The maximum absolute atomic E-state index is 12.9. The van der Waals surface area contributed by atoms with Gasteiger partial charge in [0.2, 0.25) is 0 Å². The molecule has 0 bridgehead atoms. The highest BCUT2D eigenvalue weighted by atomic mass is 32.2. The molecule has 176 valence electrons. The molecule has 7 nitrogen and oxygen atoms in total. The van der Waals surface area contributed by atoms with Gasteiger partial charge >= 0.3 is 0 Å². The zero-order valence-electron chi connectivity index (χ0n) is 19.0. The molecule has 1 aliphatic heterocycles. The standard InChI is InChI=1S/C24H28N2O5S2/c1-4-6-10-15-31-21-16-18(13-14-20(21)30-3)17-22-23(27)26(5-2)24(32-22)25-33(28,29)19-11-8-7-9-12-19/h7-9,11-14,16-17H,4-6,10,15H2,1-3H3/b22-17+,25-24?. The fourth-order valence-corrected chi connectivity index (χ4v) is 5.45. The maximum Gasteiger partial charge on any atom is 0.284 e. The average molecular weight is 489 g/mol. The first kappa shape index (κ1) is 24.9. The summed E-state index contributed by atoms with van der Waals surface area (Å²) in [6.45, 7) is 4.80. The van der Waals surface area contributed by atoms with Crippen LogP contribution in [0.5, 0.6) is 11.5 Å². The number of amidine groups is 1. The maximum atomic E-state index is 12.9. The van der Waals surface area contributed by atoms with Gasteiger partial charge in [0.25, 0.3) is 15.9 Å². The van der Waals surface area contributed by atoms with Crippen molar-refractivity contribution in [3.63, 3.8) is 0 Å². The smallest absolute Gasteiger partial charge is 0.284 e. The molecule has 0 spiro atoms. The van der Waals surface area contributed by atoms with Crippen molar-refractivity contribution in [1.29, 1.82) is 0 Å². The van der Waals surface area contributed by atoms with E-state index in [2.05, 4.69) is 11.3 Å². The Bertz CT molecular complexity index is 1140. The van der Waals surface area contributed by atoms with Crippen LogP contribution >= 0.6 is 11.8 Å². The van der Waals surface area contributed by atoms with Crippen LogP contribution in [0.25, 0.3) is 6.08 Å². The molecule has 1 heterocycles. The Morgan fingerprint density at radius 3 is 2.48 bits per heavy atom. The summed E-state index contributed by atoms with van der Waals surface area (Å²) >= 11 is 1.04. The number of carbonyl (C=O) groups is 1. The van der Waals surface area contributed by atoms with Crippen molar-refractivity contribution in [3.05, 3.63) is 59.0 Å². The number of hydrogen-bond acceptors (Lipinski definition) is 6. The lowest BCUT2D eigenvalue weighted by Crippen LogP contribution is -2.29. The normalized spacial score (nSPS) is 16.6. The number of benzene rings is 2. The molecule has 0 saturated carbocycles. The zero-order chi connectivity index (χ0) is 23.8. The van der Waals surface area contributed by atoms with Gasteiger partial charge < -0.3 is 9.47 Å². The van der Waals surface area contributed by atoms with Crippen LogP contribution in [0.2, 0.25) is 0 Å². The van der Waals surface area contributed by atoms with Crippen LogP contribution in [0.3, 0.4) is 0 Å². The van der Waals surface area contributed by atoms with E-state index in [1.807, 2.05) is 12.1 Å². The second-order valence-electron chi connectivity index (χ2n) is 7.29. The Kier molecular flexibility index (Phi) is 8.57. The number of thioether (sulfide) groups is 1. The Morgan fingerprint density at radius 1 is 1.06 bits per heavy atom. The van der Waals surface area contributed by atoms with E-state index in [-0.39, 0.29) is 16.0 Å². The molecule has 3 rings (SSSR count). The van der Waals surface area contributed by atoms with Crippen LogP contribution in [0.15, 0.2) is 62.7 Å². The van der Waals surface area contributed by atoms with Crippen LogP contribution in [0.1, 0.15) is 38.7 Å². The first-order chi connectivity index (χ1) is 15.9. The van der Waals surface area contributed by atoms with Gasteiger partial charge in [-0.2, -0.15) is 8.42 Å². The Morgan fingerprint density at radius 2 is 1.82 bits per heavy atom. The molecule has 1 aliphatic rings. The van der Waals surface area contributed by atoms with E-state index in [1.54, 1.807) is 44.4 Å². The number of nitrogens with zero attached hydrogens (tertiary/aromatic N) is 2. The Hall–Kier alpha value is -2.78. The quantitative estimate of drug-likeness (QED) is 0.348. The van der Waals surface area contributed by atoms with Crippen molar-refractivity contribution in [2.75, 3.05) is 20.3 Å². The van der Waals surface area contributed by atoms with Gasteiger partial charge in [0.15, 0.2) is 16.7 Å². The van der Waals surface area contributed by atoms with E-state index in [1.165, 1.54) is 17.0 Å². The summed E-state index contributed by atoms with van der Waals surface area (Å²) in [7, 11) is -2.35. The molecule has 1 fully saturated rings. The highest BCUT2D eigenvalue weighted by Crippen LogP contribution is 2.35. The van der Waals surface area contributed by atoms with E-state index in [0.29, 0.717) is 29.6 Å². The lowest BCUT2D eigenvalue weighted by atomic mass is 10.2. The molecule has 0 N–H and O–H groups in total. The third-order valence-corrected chi connectivity index (χ3v) is 7.34. The van der Waals surface area contributed by atoms with Crippen molar-refractivity contribution in [2.45, 2.75) is 38.0 Å². The lowest BCUT2D eigenvalue weighted by Gasteiger charge is -2.12. The predicted molar refractivity (Wildman–Crippen MR) is 132 cm³/mol. The summed E-state index contributed by atoms with van der Waals surface area (Å²) < 4.78 is 40.6. The molecule has 0 radical (unpaired) electrons. The number of amides is 1. The lowest BCUT2D eigenvalue weighted by molar-refractivity contribution is -0.122. The summed E-state index contributed by atoms with van der Waals surface area (Å²) in [5, 5.41) is 0.141. The van der Waals surface area contributed by atoms with Gasteiger partial charge in [0, 0.05) is 6.54 Å². The van der Waals surface area contributed by atoms with Gasteiger partial charge in [-0.3, -0.25) is 9.69 Å². The highest BCUT2D eigenvalue weighted by Gasteiger charge is 2.34. The van der Waals surface area contributed by atoms with Crippen LogP contribution in [0.4, 0.5) is 0 Å². The average Bonchev–Trinajstić information content (AvgIpc) is 3.10. The van der Waals surface area contributed by atoms with Crippen LogP contribution < -0.4 is 9.47 Å². The summed E-state index contributed by atoms with van der Waals surface area (Å²) in [6.07, 6.45) is 4.84. The van der Waals surface area contributed by atoms with Crippen molar-refractivity contribution in [1.82, 2.24) is 4.90 Å². The second kappa shape index (κ2) is 11.4. The number of sulfonamides is 1. The van der Waals surface area contributed by atoms with Gasteiger partial charge in [0.05, 0.1) is 23.5 Å². The number of methoxy groups -OCH3 is 1. The highest BCUT2D eigenvalue weighted by molar-refractivity contribution is 8.19. The minimum Gasteiger partial charge on any atom is -0.493 e. The summed E-state index contributed by atoms with van der Waals surface area (Å²) in [6, 6.07) is 13.4. The van der Waals surface area contributed by atoms with Gasteiger partial charge in [-0.05, 0) is 61.0 Å². The van der Waals surface area contributed by atoms with E-state index in [0.717, 1.165) is 36.6 Å². The number of carbonyl (C=O) groups excluding carboxylic acids is 1. The monoisotopic (exact) mass is 488 g/mol. The van der Waals surface area contributed by atoms with Crippen LogP contribution in [-0.2, 0) is 14.8 Å². The number of rotatable bonds is 10. The first-order valence-electron chi connectivity index (χ1n) is 10.8. The molecule has 0 aromatic heterocycles. The Labute approximate surface area is 199 Å². The SMILES string of the molecule is CCCCCOc1cc(/C=C2/SC(=NS(=O)(=O)c3ccccc3)N(CC)C2=O)ccc1OC. The van der Waals surface area contributed by atoms with Gasteiger partial charge in [0.1, 0.15) is 0 Å². The largest absolute Gasteiger partial charge is 0.493 e. The molecular weight excluding hydrogens is 460 g/mol. The number of ether oxygens (including phenoxy) is 2. The zero-order valence-corrected chi connectivity index (χ0v) is 20.6. The number of hydrogen-bond donors (Lipinski definition) is 0. The van der Waals surface area contributed by atoms with Crippen molar-refractivity contribution in [3.8, 4) is 11.5 Å². The number of unbranched alkanes of at least 4 members (excludes halogenated alkanes) is 2. The minimum absolute atomic E-state index is 0.0825. The fraction of sp³-hybridized carbons (Fsp3) is 0.333. The molecule has 1 saturated heterocycles. The fourth-order valence-electron chi connectivity index (χ4n) is 3.18. The molecule has 0 aliphatic carbocycles. The molecule has 0 atom stereocenters. The molecule has 2 aromatic rings. The third-order valence-electron chi connectivity index (χ3n) is 4.93. The molecule has 9 heteroatoms. The third kappa shape index (κ3) is 6.17.